The van der Waals surface area contributed by atoms with Gasteiger partial charge in [0.2, 0.25) is 5.95 Å². The number of ether oxygens (including phenoxy) is 1. The molecule has 0 amide bonds. The van der Waals surface area contributed by atoms with Gasteiger partial charge in [-0.05, 0) is 62.4 Å². The van der Waals surface area contributed by atoms with Crippen LogP contribution in [0.25, 0.3) is 10.9 Å². The Labute approximate surface area is 207 Å². The molecule has 3 fully saturated rings. The van der Waals surface area contributed by atoms with Gasteiger partial charge in [0.1, 0.15) is 0 Å². The maximum Gasteiger partial charge on any atom is 0.227 e. The lowest BCUT2D eigenvalue weighted by Crippen LogP contribution is -2.44. The van der Waals surface area contributed by atoms with Crippen molar-refractivity contribution in [1.82, 2.24) is 24.6 Å². The smallest absolute Gasteiger partial charge is 0.227 e. The van der Waals surface area contributed by atoms with E-state index in [1.54, 1.807) is 12.4 Å². The first-order chi connectivity index (χ1) is 16.6. The fraction of sp³-hybridized carbons (Fsp3) is 0.500. The number of nitrogens with one attached hydrogen (secondary N) is 1. The normalized spacial score (nSPS) is 23.9. The summed E-state index contributed by atoms with van der Waals surface area (Å²) >= 11 is 13.2. The second kappa shape index (κ2) is 8.97. The first-order valence-electron chi connectivity index (χ1n) is 11.8. The van der Waals surface area contributed by atoms with E-state index in [0.717, 1.165) is 60.3 Å². The van der Waals surface area contributed by atoms with Gasteiger partial charge < -0.3 is 10.1 Å². The van der Waals surface area contributed by atoms with Crippen molar-refractivity contribution in [3.63, 3.8) is 0 Å². The van der Waals surface area contributed by atoms with Crippen molar-refractivity contribution >= 4 is 45.7 Å². The molecule has 1 aromatic carbocycles. The predicted molar refractivity (Wildman–Crippen MR) is 131 cm³/mol. The van der Waals surface area contributed by atoms with Crippen LogP contribution in [0.1, 0.15) is 43.2 Å². The number of halogens is 2. The van der Waals surface area contributed by atoms with E-state index in [1.807, 2.05) is 10.7 Å². The first kappa shape index (κ1) is 22.1. The van der Waals surface area contributed by atoms with Crippen LogP contribution in [0.3, 0.4) is 0 Å². The largest absolute Gasteiger partial charge is 0.378 e. The zero-order valence-corrected chi connectivity index (χ0v) is 20.1. The summed E-state index contributed by atoms with van der Waals surface area (Å²) < 4.78 is 7.40. The SMILES string of the molecule is N#CC1COCC1N1CCC(c2cc3nc(Nc4cnn(C5CC5)c4Cl)ncc3cc2Cl)CC1. The minimum Gasteiger partial charge on any atom is -0.378 e. The molecule has 2 saturated heterocycles. The highest BCUT2D eigenvalue weighted by molar-refractivity contribution is 6.32. The van der Waals surface area contributed by atoms with Crippen LogP contribution in [-0.4, -0.2) is 57.0 Å². The molecule has 2 atom stereocenters. The minimum atomic E-state index is -0.0340. The van der Waals surface area contributed by atoms with Gasteiger partial charge in [0.15, 0.2) is 5.15 Å². The van der Waals surface area contributed by atoms with Crippen LogP contribution < -0.4 is 5.32 Å². The van der Waals surface area contributed by atoms with Crippen molar-refractivity contribution in [3.8, 4) is 6.07 Å². The quantitative estimate of drug-likeness (QED) is 0.533. The number of hydrogen-bond donors (Lipinski definition) is 1. The van der Waals surface area contributed by atoms with Crippen LogP contribution in [-0.2, 0) is 4.74 Å². The number of nitrogens with zero attached hydrogens (tertiary/aromatic N) is 6. The number of fused-ring (bicyclic) bond motifs is 1. The highest BCUT2D eigenvalue weighted by atomic mass is 35.5. The Hall–Kier alpha value is -2.44. The van der Waals surface area contributed by atoms with Gasteiger partial charge in [-0.25, -0.2) is 14.6 Å². The number of aromatic nitrogens is 4. The van der Waals surface area contributed by atoms with Crippen LogP contribution in [0.2, 0.25) is 10.2 Å². The van der Waals surface area contributed by atoms with E-state index in [-0.39, 0.29) is 12.0 Å². The zero-order chi connectivity index (χ0) is 23.2. The highest BCUT2D eigenvalue weighted by Gasteiger charge is 2.35. The van der Waals surface area contributed by atoms with Gasteiger partial charge in [0.25, 0.3) is 0 Å². The van der Waals surface area contributed by atoms with Crippen molar-refractivity contribution in [2.75, 3.05) is 31.6 Å². The lowest BCUT2D eigenvalue weighted by atomic mass is 9.87. The van der Waals surface area contributed by atoms with Crippen LogP contribution >= 0.6 is 23.2 Å². The van der Waals surface area contributed by atoms with E-state index < -0.39 is 0 Å². The van der Waals surface area contributed by atoms with Crippen LogP contribution in [0.4, 0.5) is 11.6 Å². The molecule has 1 aliphatic carbocycles. The lowest BCUT2D eigenvalue weighted by molar-refractivity contribution is 0.119. The second-order valence-corrected chi connectivity index (χ2v) is 10.2. The van der Waals surface area contributed by atoms with E-state index in [9.17, 15) is 5.26 Å². The molecule has 0 radical (unpaired) electrons. The van der Waals surface area contributed by atoms with E-state index in [4.69, 9.17) is 32.9 Å². The molecule has 2 unspecified atom stereocenters. The van der Waals surface area contributed by atoms with Crippen molar-refractivity contribution in [2.24, 2.45) is 5.92 Å². The van der Waals surface area contributed by atoms with E-state index in [0.29, 0.717) is 42.0 Å². The minimum absolute atomic E-state index is 0.0340. The topological polar surface area (TPSA) is 91.9 Å². The summed E-state index contributed by atoms with van der Waals surface area (Å²) in [5.74, 6) is 0.804. The molecular formula is C24H25Cl2N7O. The molecular weight excluding hydrogens is 473 g/mol. The molecule has 0 bridgehead atoms. The molecule has 4 heterocycles. The molecule has 34 heavy (non-hydrogen) atoms. The number of piperidine rings is 1. The summed E-state index contributed by atoms with van der Waals surface area (Å²) in [7, 11) is 0. The van der Waals surface area contributed by atoms with Crippen molar-refractivity contribution in [2.45, 2.75) is 43.7 Å². The number of rotatable bonds is 5. The molecule has 1 saturated carbocycles. The molecule has 1 N–H and O–H groups in total. The third-order valence-electron chi connectivity index (χ3n) is 7.23. The second-order valence-electron chi connectivity index (χ2n) is 9.43. The first-order valence-corrected chi connectivity index (χ1v) is 12.5. The van der Waals surface area contributed by atoms with Crippen LogP contribution in [0, 0.1) is 17.2 Å². The van der Waals surface area contributed by atoms with Crippen molar-refractivity contribution < 1.29 is 4.74 Å². The van der Waals surface area contributed by atoms with Gasteiger partial charge in [-0.1, -0.05) is 23.2 Å². The number of anilines is 2. The Kier molecular flexibility index (Phi) is 5.82. The van der Waals surface area contributed by atoms with Gasteiger partial charge in [-0.2, -0.15) is 10.4 Å². The van der Waals surface area contributed by atoms with Gasteiger partial charge in [0.05, 0.1) is 54.7 Å². The molecule has 10 heteroatoms. The molecule has 0 spiro atoms. The number of nitriles is 1. The lowest BCUT2D eigenvalue weighted by Gasteiger charge is -2.36. The highest BCUT2D eigenvalue weighted by Crippen LogP contribution is 2.39. The molecule has 2 aromatic heterocycles. The number of likely N-dealkylation sites (tertiary alicyclic amines) is 1. The summed E-state index contributed by atoms with van der Waals surface area (Å²) in [6.45, 7) is 3.06. The number of hydrogen-bond acceptors (Lipinski definition) is 7. The zero-order valence-electron chi connectivity index (χ0n) is 18.6. The Morgan fingerprint density at radius 3 is 2.68 bits per heavy atom. The summed E-state index contributed by atoms with van der Waals surface area (Å²) in [5, 5.41) is 19.2. The third kappa shape index (κ3) is 4.11. The fourth-order valence-corrected chi connectivity index (χ4v) is 5.74. The van der Waals surface area contributed by atoms with Gasteiger partial charge >= 0.3 is 0 Å². The third-order valence-corrected chi connectivity index (χ3v) is 7.93. The standard InChI is InChI=1S/C24H25Cl2N7O/c25-19-7-15-10-28-24(31-21-11-29-33(23(21)26)17-1-2-17)30-20(15)8-18(19)14-3-5-32(6-4-14)22-13-34-12-16(22)9-27/h7-8,10-11,14,16-17,22H,1-6,12-13H2,(H,28,30,31). The Balaban J connectivity index is 1.20. The molecule has 2 aliphatic heterocycles. The molecule has 3 aromatic rings. The van der Waals surface area contributed by atoms with Gasteiger partial charge in [-0.15, -0.1) is 0 Å². The summed E-state index contributed by atoms with van der Waals surface area (Å²) in [5.41, 5.74) is 2.68. The van der Waals surface area contributed by atoms with Gasteiger partial charge in [0, 0.05) is 16.6 Å². The molecule has 176 valence electrons. The fourth-order valence-electron chi connectivity index (χ4n) is 5.13. The molecule has 3 aliphatic rings. The van der Waals surface area contributed by atoms with Crippen LogP contribution in [0.15, 0.2) is 24.5 Å². The summed E-state index contributed by atoms with van der Waals surface area (Å²) in [4.78, 5) is 11.6. The van der Waals surface area contributed by atoms with E-state index in [1.165, 1.54) is 0 Å². The summed E-state index contributed by atoms with van der Waals surface area (Å²) in [6.07, 6.45) is 7.72. The van der Waals surface area contributed by atoms with Crippen molar-refractivity contribution in [3.05, 3.63) is 40.3 Å². The van der Waals surface area contributed by atoms with E-state index >= 15 is 0 Å². The van der Waals surface area contributed by atoms with E-state index in [2.05, 4.69) is 32.4 Å². The van der Waals surface area contributed by atoms with Gasteiger partial charge in [-0.3, -0.25) is 4.90 Å². The molecule has 8 nitrogen and oxygen atoms in total. The average Bonchev–Trinajstić information content (AvgIpc) is 3.47. The number of benzene rings is 1. The Morgan fingerprint density at radius 2 is 1.91 bits per heavy atom. The van der Waals surface area contributed by atoms with Crippen LogP contribution in [0.5, 0.6) is 0 Å². The Bertz CT molecular complexity index is 1260. The predicted octanol–water partition coefficient (Wildman–Crippen LogP) is 4.93. The Morgan fingerprint density at radius 1 is 1.09 bits per heavy atom. The summed E-state index contributed by atoms with van der Waals surface area (Å²) in [6, 6.07) is 7.06. The maximum atomic E-state index is 9.39. The van der Waals surface area contributed by atoms with Crippen molar-refractivity contribution in [1.29, 1.82) is 5.26 Å². The maximum absolute atomic E-state index is 9.39. The molecule has 6 rings (SSSR count). The monoisotopic (exact) mass is 497 g/mol. The average molecular weight is 498 g/mol.